The fourth-order valence-corrected chi connectivity index (χ4v) is 3.53. The van der Waals surface area contributed by atoms with E-state index in [1.807, 2.05) is 11.4 Å². The molecular formula is C20H12F3N3O3S. The van der Waals surface area contributed by atoms with Gasteiger partial charge in [-0.1, -0.05) is 0 Å². The van der Waals surface area contributed by atoms with Gasteiger partial charge < -0.3 is 15.2 Å². The Morgan fingerprint density at radius 2 is 1.70 bits per heavy atom. The van der Waals surface area contributed by atoms with Crippen molar-refractivity contribution >= 4 is 39.2 Å². The Labute approximate surface area is 171 Å². The zero-order valence-electron chi connectivity index (χ0n) is 15.0. The Kier molecular flexibility index (Phi) is 5.00. The van der Waals surface area contributed by atoms with Crippen LogP contribution >= 0.6 is 11.3 Å². The highest BCUT2D eigenvalue weighted by atomic mass is 32.1. The molecule has 0 saturated heterocycles. The van der Waals surface area contributed by atoms with Crippen molar-refractivity contribution in [1.82, 2.24) is 9.97 Å². The Morgan fingerprint density at radius 1 is 1.00 bits per heavy atom. The summed E-state index contributed by atoms with van der Waals surface area (Å²) < 4.78 is 41.0. The van der Waals surface area contributed by atoms with Gasteiger partial charge in [0.2, 0.25) is 5.95 Å². The Hall–Kier alpha value is -3.66. The molecule has 10 heteroatoms. The first-order chi connectivity index (χ1) is 14.3. The van der Waals surface area contributed by atoms with E-state index in [9.17, 15) is 18.0 Å². The number of nitrogens with one attached hydrogen (secondary N) is 1. The lowest BCUT2D eigenvalue weighted by atomic mass is 10.1. The van der Waals surface area contributed by atoms with Gasteiger partial charge >= 0.3 is 12.3 Å². The van der Waals surface area contributed by atoms with Crippen LogP contribution in [0.2, 0.25) is 0 Å². The molecule has 30 heavy (non-hydrogen) atoms. The van der Waals surface area contributed by atoms with Gasteiger partial charge in [-0.15, -0.1) is 24.5 Å². The van der Waals surface area contributed by atoms with Crippen LogP contribution in [0.1, 0.15) is 10.4 Å². The van der Waals surface area contributed by atoms with E-state index >= 15 is 0 Å². The molecule has 0 bridgehead atoms. The number of carboxylic acids is 1. The fourth-order valence-electron chi connectivity index (χ4n) is 2.77. The number of halogens is 3. The maximum Gasteiger partial charge on any atom is 0.573 e. The van der Waals surface area contributed by atoms with Crippen LogP contribution in [-0.4, -0.2) is 27.4 Å². The number of carboxylic acid groups (broad SMARTS) is 1. The number of thiophene rings is 1. The predicted octanol–water partition coefficient (Wildman–Crippen LogP) is 5.70. The topological polar surface area (TPSA) is 84.3 Å². The zero-order chi connectivity index (χ0) is 21.3. The van der Waals surface area contributed by atoms with Crippen molar-refractivity contribution in [2.24, 2.45) is 0 Å². The van der Waals surface area contributed by atoms with Gasteiger partial charge in [-0.25, -0.2) is 14.8 Å². The second-order valence-corrected chi connectivity index (χ2v) is 7.01. The van der Waals surface area contributed by atoms with Gasteiger partial charge in [0, 0.05) is 16.6 Å². The lowest BCUT2D eigenvalue weighted by molar-refractivity contribution is -0.274. The highest BCUT2D eigenvalue weighted by molar-refractivity contribution is 7.16. The molecule has 4 rings (SSSR count). The highest BCUT2D eigenvalue weighted by Gasteiger charge is 2.31. The summed E-state index contributed by atoms with van der Waals surface area (Å²) in [5.41, 5.74) is 1.89. The number of fused-ring (bicyclic) bond motifs is 1. The van der Waals surface area contributed by atoms with Crippen LogP contribution in [0.4, 0.5) is 24.8 Å². The number of alkyl halides is 3. The molecule has 0 aliphatic heterocycles. The molecular weight excluding hydrogens is 419 g/mol. The van der Waals surface area contributed by atoms with Gasteiger partial charge in [-0.3, -0.25) is 0 Å². The molecule has 0 spiro atoms. The van der Waals surface area contributed by atoms with E-state index in [4.69, 9.17) is 5.11 Å². The molecule has 0 aliphatic carbocycles. The second-order valence-electron chi connectivity index (χ2n) is 6.11. The maximum atomic E-state index is 12.4. The zero-order valence-corrected chi connectivity index (χ0v) is 15.8. The number of carbonyl (C=O) groups is 1. The van der Waals surface area contributed by atoms with Crippen molar-refractivity contribution < 1.29 is 27.8 Å². The van der Waals surface area contributed by atoms with E-state index in [1.165, 1.54) is 47.7 Å². The first-order valence-corrected chi connectivity index (χ1v) is 9.38. The van der Waals surface area contributed by atoms with Gasteiger partial charge in [0.1, 0.15) is 10.6 Å². The standard InChI is InChI=1S/C20H12F3N3O3S/c21-20(22,23)29-14-7-3-11(4-8-14)16-15-9-10-30-17(15)26-19(25-16)24-13-5-1-12(2-6-13)18(27)28/h1-10H,(H,27,28)(H,24,25,26). The van der Waals surface area contributed by atoms with Gasteiger partial charge in [0.05, 0.1) is 11.3 Å². The van der Waals surface area contributed by atoms with Crippen molar-refractivity contribution in [2.75, 3.05) is 5.32 Å². The number of aromatic nitrogens is 2. The number of rotatable bonds is 5. The summed E-state index contributed by atoms with van der Waals surface area (Å²) in [4.78, 5) is 20.6. The smallest absolute Gasteiger partial charge is 0.478 e. The number of benzene rings is 2. The maximum absolute atomic E-state index is 12.4. The van der Waals surface area contributed by atoms with E-state index in [0.717, 1.165) is 5.39 Å². The molecule has 0 aliphatic rings. The summed E-state index contributed by atoms with van der Waals surface area (Å²) in [6.07, 6.45) is -4.76. The van der Waals surface area contributed by atoms with Gasteiger partial charge in [-0.2, -0.15) is 0 Å². The van der Waals surface area contributed by atoms with Crippen LogP contribution in [0, 0.1) is 0 Å². The van der Waals surface area contributed by atoms with Crippen molar-refractivity contribution in [2.45, 2.75) is 6.36 Å². The summed E-state index contributed by atoms with van der Waals surface area (Å²) in [6, 6.07) is 13.4. The number of anilines is 2. The van der Waals surface area contributed by atoms with Crippen molar-refractivity contribution in [3.05, 3.63) is 65.5 Å². The first kappa shape index (κ1) is 19.6. The quantitative estimate of drug-likeness (QED) is 0.422. The molecule has 4 aromatic rings. The summed E-state index contributed by atoms with van der Waals surface area (Å²) in [6.45, 7) is 0. The van der Waals surface area contributed by atoms with E-state index in [0.29, 0.717) is 21.8 Å². The van der Waals surface area contributed by atoms with Gasteiger partial charge in [-0.05, 0) is 60.0 Å². The Bertz CT molecular complexity index is 1210. The molecule has 0 radical (unpaired) electrons. The third-order valence-electron chi connectivity index (χ3n) is 4.07. The third-order valence-corrected chi connectivity index (χ3v) is 4.88. The van der Waals surface area contributed by atoms with Crippen LogP contribution in [0.15, 0.2) is 60.0 Å². The molecule has 0 atom stereocenters. The molecule has 152 valence electrons. The second kappa shape index (κ2) is 7.64. The number of hydrogen-bond donors (Lipinski definition) is 2. The monoisotopic (exact) mass is 431 g/mol. The Balaban J connectivity index is 1.67. The summed E-state index contributed by atoms with van der Waals surface area (Å²) in [7, 11) is 0. The number of aromatic carboxylic acids is 1. The van der Waals surface area contributed by atoms with Crippen molar-refractivity contribution in [3.63, 3.8) is 0 Å². The molecule has 0 unspecified atom stereocenters. The normalized spacial score (nSPS) is 11.4. The van der Waals surface area contributed by atoms with Crippen molar-refractivity contribution in [3.8, 4) is 17.0 Å². The predicted molar refractivity (Wildman–Crippen MR) is 106 cm³/mol. The average Bonchev–Trinajstić information content (AvgIpc) is 3.16. The summed E-state index contributed by atoms with van der Waals surface area (Å²) in [5.74, 6) is -1.07. The third kappa shape index (κ3) is 4.33. The molecule has 0 amide bonds. The minimum absolute atomic E-state index is 0.150. The van der Waals surface area contributed by atoms with Crippen LogP contribution in [-0.2, 0) is 0 Å². The molecule has 0 saturated carbocycles. The average molecular weight is 431 g/mol. The highest BCUT2D eigenvalue weighted by Crippen LogP contribution is 2.32. The van der Waals surface area contributed by atoms with Crippen LogP contribution in [0.3, 0.4) is 0 Å². The van der Waals surface area contributed by atoms with Gasteiger partial charge in [0.15, 0.2) is 0 Å². The molecule has 0 fully saturated rings. The van der Waals surface area contributed by atoms with Crippen molar-refractivity contribution in [1.29, 1.82) is 0 Å². The fraction of sp³-hybridized carbons (Fsp3) is 0.0500. The van der Waals surface area contributed by atoms with Crippen LogP contribution in [0.5, 0.6) is 5.75 Å². The first-order valence-electron chi connectivity index (χ1n) is 8.50. The van der Waals surface area contributed by atoms with E-state index < -0.39 is 12.3 Å². The van der Waals surface area contributed by atoms with Gasteiger partial charge in [0.25, 0.3) is 0 Å². The minimum atomic E-state index is -4.76. The minimum Gasteiger partial charge on any atom is -0.478 e. The molecule has 2 aromatic carbocycles. The number of hydrogen-bond acceptors (Lipinski definition) is 6. The largest absolute Gasteiger partial charge is 0.573 e. The number of ether oxygens (including phenoxy) is 1. The van der Waals surface area contributed by atoms with E-state index in [1.54, 1.807) is 12.1 Å². The lowest BCUT2D eigenvalue weighted by Crippen LogP contribution is -2.16. The summed E-state index contributed by atoms with van der Waals surface area (Å²) in [5, 5.41) is 14.6. The van der Waals surface area contributed by atoms with Crippen LogP contribution in [0.25, 0.3) is 21.5 Å². The van der Waals surface area contributed by atoms with Crippen LogP contribution < -0.4 is 10.1 Å². The molecule has 2 heterocycles. The number of nitrogens with zero attached hydrogens (tertiary/aromatic N) is 2. The molecule has 2 N–H and O–H groups in total. The summed E-state index contributed by atoms with van der Waals surface area (Å²) >= 11 is 1.40. The van der Waals surface area contributed by atoms with E-state index in [-0.39, 0.29) is 17.3 Å². The lowest BCUT2D eigenvalue weighted by Gasteiger charge is -2.11. The molecule has 2 aromatic heterocycles. The molecule has 6 nitrogen and oxygen atoms in total. The Morgan fingerprint density at radius 3 is 2.33 bits per heavy atom. The SMILES string of the molecule is O=C(O)c1ccc(Nc2nc(-c3ccc(OC(F)(F)F)cc3)c3ccsc3n2)cc1. The van der Waals surface area contributed by atoms with E-state index in [2.05, 4.69) is 20.0 Å².